The highest BCUT2D eigenvalue weighted by atomic mass is 32.2. The first kappa shape index (κ1) is 25.4. The van der Waals surface area contributed by atoms with E-state index in [9.17, 15) is 24.3 Å². The van der Waals surface area contributed by atoms with E-state index in [0.29, 0.717) is 17.0 Å². The molecule has 1 fully saturated rings. The molecule has 2 aliphatic heterocycles. The maximum Gasteiger partial charge on any atom is 0.352 e. The summed E-state index contributed by atoms with van der Waals surface area (Å²) in [5.74, 6) is -2.20. The molecule has 0 spiro atoms. The molecule has 2 atom stereocenters. The second-order valence-electron chi connectivity index (χ2n) is 8.48. The number of nitrogens with two attached hydrogens (primary N) is 1. The number of anilines is 1. The third-order valence-corrected chi connectivity index (χ3v) is 8.10. The van der Waals surface area contributed by atoms with Crippen LogP contribution in [0.1, 0.15) is 23.1 Å². The minimum absolute atomic E-state index is 0.0670. The summed E-state index contributed by atoms with van der Waals surface area (Å²) in [6, 6.07) is 2.58. The molecule has 2 aliphatic rings. The number of ketones is 1. The van der Waals surface area contributed by atoms with Gasteiger partial charge in [-0.25, -0.2) is 9.78 Å². The van der Waals surface area contributed by atoms with Gasteiger partial charge in [-0.3, -0.25) is 19.3 Å². The van der Waals surface area contributed by atoms with E-state index in [1.54, 1.807) is 45.1 Å². The number of hydrogen-bond donors (Lipinski definition) is 3. The molecule has 38 heavy (non-hydrogen) atoms. The number of Topliss-reactive ketones (excluding diaryl/α,β-unsaturated/α-hetero) is 1. The van der Waals surface area contributed by atoms with E-state index in [2.05, 4.69) is 15.5 Å². The van der Waals surface area contributed by atoms with Gasteiger partial charge in [-0.1, -0.05) is 5.16 Å². The van der Waals surface area contributed by atoms with Gasteiger partial charge in [0.1, 0.15) is 35.4 Å². The number of thioether (sulfide) groups is 1. The molecule has 3 aromatic heterocycles. The average Bonchev–Trinajstić information content (AvgIpc) is 3.51. The Morgan fingerprint density at radius 2 is 2.16 bits per heavy atom. The zero-order valence-electron chi connectivity index (χ0n) is 20.2. The van der Waals surface area contributed by atoms with Crippen molar-refractivity contribution in [1.29, 1.82) is 0 Å². The van der Waals surface area contributed by atoms with Crippen LogP contribution < -0.4 is 15.6 Å². The number of nitrogens with zero attached hydrogens (tertiary/aromatic N) is 5. The number of carbonyl (C=O) groups is 4. The highest BCUT2D eigenvalue weighted by Gasteiger charge is 2.54. The first-order chi connectivity index (χ1) is 18.2. The maximum atomic E-state index is 13.1. The monoisotopic (exact) mass is 556 g/mol. The first-order valence-electron chi connectivity index (χ1n) is 11.2. The summed E-state index contributed by atoms with van der Waals surface area (Å²) < 4.78 is 3.55. The van der Waals surface area contributed by atoms with Crippen molar-refractivity contribution >= 4 is 63.0 Å². The molecule has 0 bridgehead atoms. The number of oxime groups is 1. The van der Waals surface area contributed by atoms with Crippen molar-refractivity contribution in [3.05, 3.63) is 58.8 Å². The molecule has 5 rings (SSSR count). The number of carboxylic acid groups (broad SMARTS) is 1. The average molecular weight is 557 g/mol. The number of thiazole rings is 1. The fourth-order valence-electron chi connectivity index (χ4n) is 4.41. The van der Waals surface area contributed by atoms with Crippen LogP contribution in [-0.2, 0) is 25.8 Å². The minimum Gasteiger partial charge on any atom is -0.477 e. The Morgan fingerprint density at radius 1 is 1.37 bits per heavy atom. The zero-order valence-corrected chi connectivity index (χ0v) is 21.8. The third-order valence-electron chi connectivity index (χ3n) is 6.09. The number of rotatable bonds is 8. The van der Waals surface area contributed by atoms with Crippen LogP contribution in [0.3, 0.4) is 0 Å². The van der Waals surface area contributed by atoms with Gasteiger partial charge >= 0.3 is 5.97 Å². The number of amides is 2. The SMILES string of the molecule is CO/N=C(\C(=O)N[C@@H]1C(=O)N2C(C(=O)O)=C(C[n+]3ccn4c(C(C)=O)ccc4c3)CS[C@H]12)c1csc(N)n1. The molecule has 3 aromatic rings. The fourth-order valence-corrected chi connectivity index (χ4v) is 6.30. The van der Waals surface area contributed by atoms with Gasteiger partial charge in [0.05, 0.1) is 11.9 Å². The predicted octanol–water partition coefficient (Wildman–Crippen LogP) is 0.257. The normalized spacial score (nSPS) is 19.3. The lowest BCUT2D eigenvalue weighted by atomic mass is 10.0. The molecule has 2 amide bonds. The fraction of sp³-hybridized carbons (Fsp3) is 0.261. The molecule has 15 heteroatoms. The number of nitrogen functional groups attached to an aromatic ring is 1. The summed E-state index contributed by atoms with van der Waals surface area (Å²) in [4.78, 5) is 60.0. The van der Waals surface area contributed by atoms with E-state index >= 15 is 0 Å². The van der Waals surface area contributed by atoms with Crippen LogP contribution in [-0.4, -0.2) is 72.9 Å². The number of fused-ring (bicyclic) bond motifs is 2. The highest BCUT2D eigenvalue weighted by Crippen LogP contribution is 2.40. The molecule has 196 valence electrons. The zero-order chi connectivity index (χ0) is 27.1. The van der Waals surface area contributed by atoms with Gasteiger partial charge < -0.3 is 25.4 Å². The lowest BCUT2D eigenvalue weighted by Crippen LogP contribution is -2.71. The molecule has 4 N–H and O–H groups in total. The number of aromatic nitrogens is 3. The van der Waals surface area contributed by atoms with E-state index in [4.69, 9.17) is 10.6 Å². The van der Waals surface area contributed by atoms with Crippen LogP contribution in [0, 0.1) is 0 Å². The summed E-state index contributed by atoms with van der Waals surface area (Å²) in [6.45, 7) is 1.72. The second-order valence-corrected chi connectivity index (χ2v) is 10.5. The van der Waals surface area contributed by atoms with Gasteiger partial charge in [0.25, 0.3) is 11.8 Å². The van der Waals surface area contributed by atoms with E-state index in [-0.39, 0.29) is 34.6 Å². The summed E-state index contributed by atoms with van der Waals surface area (Å²) >= 11 is 2.48. The molecule has 0 aromatic carbocycles. The van der Waals surface area contributed by atoms with E-state index in [0.717, 1.165) is 16.9 Å². The van der Waals surface area contributed by atoms with Crippen molar-refractivity contribution < 1.29 is 33.7 Å². The van der Waals surface area contributed by atoms with Gasteiger partial charge in [0.2, 0.25) is 0 Å². The van der Waals surface area contributed by atoms with Gasteiger partial charge in [0, 0.05) is 23.6 Å². The van der Waals surface area contributed by atoms with Gasteiger partial charge in [0.15, 0.2) is 35.6 Å². The smallest absolute Gasteiger partial charge is 0.352 e. The van der Waals surface area contributed by atoms with Crippen LogP contribution in [0.2, 0.25) is 0 Å². The number of hydrogen-bond acceptors (Lipinski definition) is 10. The summed E-state index contributed by atoms with van der Waals surface area (Å²) in [5.41, 5.74) is 7.47. The molecule has 0 aliphatic carbocycles. The summed E-state index contributed by atoms with van der Waals surface area (Å²) in [5, 5.41) is 17.5. The predicted molar refractivity (Wildman–Crippen MR) is 137 cm³/mol. The molecule has 5 heterocycles. The van der Waals surface area contributed by atoms with Crippen LogP contribution in [0.4, 0.5) is 5.13 Å². The molecule has 0 radical (unpaired) electrons. The third kappa shape index (κ3) is 4.39. The standard InChI is InChI=1S/C23H21N7O6S2/c1-11(31)15-4-3-13-8-28(5-6-29(13)15)7-12-9-37-21-17(20(33)30(21)18(12)22(34)35)26-19(32)16(27-36-2)14-10-38-23(24)25-14/h3-6,8,10,17,21H,7,9H2,1-2H3,(H3-,24,25,26,32,34,35)/p+1/b27-16-/t17-,21-/m1/s1. The van der Waals surface area contributed by atoms with Crippen LogP contribution in [0.25, 0.3) is 5.52 Å². The Hall–Kier alpha value is -4.24. The van der Waals surface area contributed by atoms with Crippen molar-refractivity contribution in [2.24, 2.45) is 5.16 Å². The highest BCUT2D eigenvalue weighted by molar-refractivity contribution is 8.00. The number of aliphatic carboxylic acids is 1. The van der Waals surface area contributed by atoms with E-state index in [1.165, 1.54) is 30.7 Å². The van der Waals surface area contributed by atoms with Crippen molar-refractivity contribution in [2.75, 3.05) is 18.6 Å². The van der Waals surface area contributed by atoms with Gasteiger partial charge in [-0.2, -0.15) is 4.57 Å². The number of carboxylic acids is 1. The second kappa shape index (κ2) is 9.90. The van der Waals surface area contributed by atoms with Crippen molar-refractivity contribution in [3.63, 3.8) is 0 Å². The minimum atomic E-state index is -1.23. The first-order valence-corrected chi connectivity index (χ1v) is 13.2. The van der Waals surface area contributed by atoms with Gasteiger partial charge in [-0.05, 0) is 12.1 Å². The summed E-state index contributed by atoms with van der Waals surface area (Å²) in [6.07, 6.45) is 5.28. The van der Waals surface area contributed by atoms with Crippen molar-refractivity contribution in [3.8, 4) is 0 Å². The lowest BCUT2D eigenvalue weighted by Gasteiger charge is -2.49. The summed E-state index contributed by atoms with van der Waals surface area (Å²) in [7, 11) is 1.27. The topological polar surface area (TPSA) is 173 Å². The van der Waals surface area contributed by atoms with Crippen LogP contribution in [0.5, 0.6) is 0 Å². The molecule has 1 saturated heterocycles. The molecule has 13 nitrogen and oxygen atoms in total. The Bertz CT molecular complexity index is 1560. The van der Waals surface area contributed by atoms with Crippen molar-refractivity contribution in [2.45, 2.75) is 24.9 Å². The molecular formula is C23H22N7O6S2+. The Labute approximate surface area is 223 Å². The Balaban J connectivity index is 1.36. The number of nitrogens with one attached hydrogen (secondary N) is 1. The number of carbonyl (C=O) groups excluding carboxylic acids is 3. The van der Waals surface area contributed by atoms with Crippen molar-refractivity contribution in [1.82, 2.24) is 19.6 Å². The quantitative estimate of drug-likeness (QED) is 0.116. The molecule has 0 unspecified atom stereocenters. The molecule has 0 saturated carbocycles. The van der Waals surface area contributed by atoms with E-state index < -0.39 is 29.2 Å². The van der Waals surface area contributed by atoms with Crippen LogP contribution >= 0.6 is 23.1 Å². The van der Waals surface area contributed by atoms with Crippen LogP contribution in [0.15, 0.2) is 52.5 Å². The Morgan fingerprint density at radius 3 is 2.82 bits per heavy atom. The molecular weight excluding hydrogens is 534 g/mol. The Kier molecular flexibility index (Phi) is 6.62. The maximum absolute atomic E-state index is 13.1. The van der Waals surface area contributed by atoms with Gasteiger partial charge in [-0.15, -0.1) is 23.1 Å². The van der Waals surface area contributed by atoms with E-state index in [1.807, 2.05) is 0 Å². The number of β-lactam (4-membered cyclic amide) rings is 1. The lowest BCUT2D eigenvalue weighted by molar-refractivity contribution is -0.688. The largest absolute Gasteiger partial charge is 0.477 e.